The van der Waals surface area contributed by atoms with Crippen molar-refractivity contribution in [3.8, 4) is 0 Å². The van der Waals surface area contributed by atoms with Crippen molar-refractivity contribution < 1.29 is 24.5 Å². The van der Waals surface area contributed by atoms with Crippen molar-refractivity contribution in [2.45, 2.75) is 17.4 Å². The predicted molar refractivity (Wildman–Crippen MR) is 88.3 cm³/mol. The topological polar surface area (TPSA) is 20.2 Å². The molecule has 0 saturated heterocycles. The zero-order valence-electron chi connectivity index (χ0n) is 12.1. The first-order valence-electron chi connectivity index (χ1n) is 6.92. The monoisotopic (exact) mass is 380 g/mol. The van der Waals surface area contributed by atoms with Crippen LogP contribution in [0.1, 0.15) is 16.5 Å². The van der Waals surface area contributed by atoms with E-state index in [2.05, 4.69) is 0 Å². The summed E-state index contributed by atoms with van der Waals surface area (Å²) < 4.78 is 64.4. The molecule has 0 fully saturated rings. The largest absolute Gasteiger partial charge is 0.387 e. The molecule has 0 aliphatic rings. The minimum Gasteiger partial charge on any atom is -0.387 e. The molecule has 2 aromatic carbocycles. The van der Waals surface area contributed by atoms with Gasteiger partial charge >= 0.3 is 10.2 Å². The lowest BCUT2D eigenvalue weighted by atomic mass is 10.1. The second kappa shape index (κ2) is 4.93. The minimum absolute atomic E-state index is 0.0490. The lowest BCUT2D eigenvalue weighted by molar-refractivity contribution is 0.182. The van der Waals surface area contributed by atoms with Crippen LogP contribution in [-0.2, 0) is 6.42 Å². The molecule has 0 bridgehead atoms. The Hall–Kier alpha value is -1.64. The van der Waals surface area contributed by atoms with Crippen LogP contribution in [0.15, 0.2) is 59.5 Å². The molecule has 0 radical (unpaired) electrons. The zero-order chi connectivity index (χ0) is 17.7. The average Bonchev–Trinajstić information content (AvgIpc) is 2.89. The van der Waals surface area contributed by atoms with Crippen LogP contribution < -0.4 is 0 Å². The van der Waals surface area contributed by atoms with Crippen LogP contribution >= 0.6 is 21.6 Å². The molecule has 1 heterocycles. The Morgan fingerprint density at radius 2 is 1.54 bits per heavy atom. The third-order valence-electron chi connectivity index (χ3n) is 3.57. The van der Waals surface area contributed by atoms with Gasteiger partial charge in [0.05, 0.1) is 6.10 Å². The van der Waals surface area contributed by atoms with Gasteiger partial charge in [0.15, 0.2) is 0 Å². The highest BCUT2D eigenvalue weighted by molar-refractivity contribution is 8.45. The van der Waals surface area contributed by atoms with Crippen LogP contribution in [0.25, 0.3) is 10.1 Å². The second-order valence-electron chi connectivity index (χ2n) is 5.52. The van der Waals surface area contributed by atoms with E-state index in [-0.39, 0.29) is 6.42 Å². The summed E-state index contributed by atoms with van der Waals surface area (Å²) in [5.74, 6) is 0. The fourth-order valence-corrected chi connectivity index (χ4v) is 4.07. The first-order valence-corrected chi connectivity index (χ1v) is 9.69. The molecule has 0 saturated carbocycles. The number of hydrogen-bond acceptors (Lipinski definition) is 2. The molecular weight excluding hydrogens is 367 g/mol. The lowest BCUT2D eigenvalue weighted by Crippen LogP contribution is -2.06. The highest BCUT2D eigenvalue weighted by atomic mass is 32.5. The number of rotatable bonds is 4. The Kier molecular flexibility index (Phi) is 3.53. The van der Waals surface area contributed by atoms with E-state index in [0.717, 1.165) is 22.2 Å². The van der Waals surface area contributed by atoms with Gasteiger partial charge in [0.25, 0.3) is 0 Å². The first kappa shape index (κ1) is 17.2. The predicted octanol–water partition coefficient (Wildman–Crippen LogP) is 6.83. The van der Waals surface area contributed by atoms with Crippen LogP contribution in [0.4, 0.5) is 19.4 Å². The smallest absolute Gasteiger partial charge is 0.310 e. The van der Waals surface area contributed by atoms with Crippen LogP contribution in [0.3, 0.4) is 0 Å². The highest BCUT2D eigenvalue weighted by Gasteiger charge is 2.65. The molecular formula is C16H13F5OS2. The number of thiophene rings is 1. The van der Waals surface area contributed by atoms with E-state index in [1.807, 2.05) is 30.3 Å². The van der Waals surface area contributed by atoms with E-state index in [1.54, 1.807) is 0 Å². The zero-order valence-corrected chi connectivity index (χ0v) is 13.8. The summed E-state index contributed by atoms with van der Waals surface area (Å²) in [4.78, 5) is -1.25. The van der Waals surface area contributed by atoms with Gasteiger partial charge in [-0.2, -0.15) is 0 Å². The highest BCUT2D eigenvalue weighted by Crippen LogP contribution is 3.02. The van der Waals surface area contributed by atoms with Crippen molar-refractivity contribution in [3.05, 3.63) is 65.0 Å². The second-order valence-corrected chi connectivity index (χ2v) is 9.04. The first-order chi connectivity index (χ1) is 10.9. The summed E-state index contributed by atoms with van der Waals surface area (Å²) in [6.45, 7) is 0. The van der Waals surface area contributed by atoms with Crippen molar-refractivity contribution >= 4 is 31.6 Å². The Balaban J connectivity index is 1.81. The summed E-state index contributed by atoms with van der Waals surface area (Å²) in [6.07, 6.45) is -0.860. The van der Waals surface area contributed by atoms with E-state index in [1.165, 1.54) is 11.3 Å². The molecule has 1 N–H and O–H groups in total. The third kappa shape index (κ3) is 3.71. The van der Waals surface area contributed by atoms with Crippen LogP contribution in [0.2, 0.25) is 0 Å². The maximum absolute atomic E-state index is 12.7. The van der Waals surface area contributed by atoms with Gasteiger partial charge in [0.1, 0.15) is 4.90 Å². The normalized spacial score (nSPS) is 16.6. The Morgan fingerprint density at radius 1 is 0.917 bits per heavy atom. The molecule has 0 spiro atoms. The lowest BCUT2D eigenvalue weighted by Gasteiger charge is -2.40. The molecule has 130 valence electrons. The SMILES string of the molecule is O[C@@H](Cc1ccc(S(F)(F)(F)(F)F)cc1)c1cc2ccccc2s1. The van der Waals surface area contributed by atoms with Crippen molar-refractivity contribution in [1.29, 1.82) is 0 Å². The molecule has 0 aliphatic carbocycles. The fourth-order valence-electron chi connectivity index (χ4n) is 2.37. The maximum atomic E-state index is 12.7. The molecule has 24 heavy (non-hydrogen) atoms. The Labute approximate surface area is 139 Å². The summed E-state index contributed by atoms with van der Waals surface area (Å²) in [5, 5.41) is 11.2. The average molecular weight is 380 g/mol. The minimum atomic E-state index is -9.65. The standard InChI is InChI=1S/C16H13F5OS2/c17-24(18,19,20,21)13-7-5-11(6-8-13)9-14(22)16-10-12-3-1-2-4-15(12)23-16/h1-8,10,14,22H,9H2/t14-/m0/s1. The Bertz CT molecular complexity index is 852. The van der Waals surface area contributed by atoms with Gasteiger partial charge in [-0.3, -0.25) is 0 Å². The van der Waals surface area contributed by atoms with Gasteiger partial charge in [0.2, 0.25) is 0 Å². The van der Waals surface area contributed by atoms with Gasteiger partial charge in [-0.05, 0) is 35.2 Å². The molecule has 0 amide bonds. The molecule has 1 atom stereocenters. The number of benzene rings is 2. The van der Waals surface area contributed by atoms with E-state index in [0.29, 0.717) is 22.6 Å². The fraction of sp³-hybridized carbons (Fsp3) is 0.125. The van der Waals surface area contributed by atoms with Gasteiger partial charge in [-0.15, -0.1) is 11.3 Å². The van der Waals surface area contributed by atoms with Gasteiger partial charge in [0, 0.05) is 16.0 Å². The molecule has 3 aromatic rings. The molecule has 3 rings (SSSR count). The maximum Gasteiger partial charge on any atom is 0.310 e. The van der Waals surface area contributed by atoms with Crippen LogP contribution in [-0.4, -0.2) is 5.11 Å². The van der Waals surface area contributed by atoms with E-state index < -0.39 is 21.2 Å². The van der Waals surface area contributed by atoms with Crippen molar-refractivity contribution in [2.24, 2.45) is 0 Å². The molecule has 1 aromatic heterocycles. The third-order valence-corrected chi connectivity index (χ3v) is 5.95. The van der Waals surface area contributed by atoms with E-state index in [9.17, 15) is 24.5 Å². The van der Waals surface area contributed by atoms with E-state index >= 15 is 0 Å². The summed E-state index contributed by atoms with van der Waals surface area (Å²) >= 11 is 1.39. The number of halogens is 5. The summed E-state index contributed by atoms with van der Waals surface area (Å²) in [6, 6.07) is 12.0. The summed E-state index contributed by atoms with van der Waals surface area (Å²) in [7, 11) is -9.65. The molecule has 8 heteroatoms. The number of fused-ring (bicyclic) bond motifs is 1. The van der Waals surface area contributed by atoms with E-state index in [4.69, 9.17) is 0 Å². The van der Waals surface area contributed by atoms with Gasteiger partial charge in [-0.1, -0.05) is 49.8 Å². The van der Waals surface area contributed by atoms with Gasteiger partial charge in [-0.25, -0.2) is 0 Å². The molecule has 0 aliphatic heterocycles. The molecule has 1 nitrogen and oxygen atoms in total. The van der Waals surface area contributed by atoms with Gasteiger partial charge < -0.3 is 5.11 Å². The number of aliphatic hydroxyl groups is 1. The van der Waals surface area contributed by atoms with Crippen molar-refractivity contribution in [2.75, 3.05) is 0 Å². The van der Waals surface area contributed by atoms with Crippen LogP contribution in [0, 0.1) is 0 Å². The van der Waals surface area contributed by atoms with Crippen molar-refractivity contribution in [3.63, 3.8) is 0 Å². The molecule has 0 unspecified atom stereocenters. The Morgan fingerprint density at radius 3 is 2.12 bits per heavy atom. The van der Waals surface area contributed by atoms with Crippen LogP contribution in [0.5, 0.6) is 0 Å². The quantitative estimate of drug-likeness (QED) is 0.492. The number of aliphatic hydroxyl groups excluding tert-OH is 1. The number of hydrogen-bond donors (Lipinski definition) is 1. The summed E-state index contributed by atoms with van der Waals surface area (Å²) in [5.41, 5.74) is 0.352. The van der Waals surface area contributed by atoms with Crippen molar-refractivity contribution in [1.82, 2.24) is 0 Å².